The van der Waals surface area contributed by atoms with Gasteiger partial charge in [0.05, 0.1) is 23.9 Å². The van der Waals surface area contributed by atoms with Crippen LogP contribution in [0.3, 0.4) is 0 Å². The summed E-state index contributed by atoms with van der Waals surface area (Å²) in [4.78, 5) is 32.5. The van der Waals surface area contributed by atoms with Crippen molar-refractivity contribution in [3.8, 4) is 17.4 Å². The summed E-state index contributed by atoms with van der Waals surface area (Å²) >= 11 is 0. The molecule has 0 saturated carbocycles. The van der Waals surface area contributed by atoms with Gasteiger partial charge in [0.2, 0.25) is 11.8 Å². The average molecular weight is 490 g/mol. The molecule has 1 N–H and O–H groups in total. The Labute approximate surface area is 196 Å². The molecule has 3 aromatic rings. The summed E-state index contributed by atoms with van der Waals surface area (Å²) in [5.41, 5.74) is 0.0139. The van der Waals surface area contributed by atoms with Crippen molar-refractivity contribution in [3.05, 3.63) is 64.1 Å². The third-order valence-corrected chi connectivity index (χ3v) is 5.42. The summed E-state index contributed by atoms with van der Waals surface area (Å²) in [6, 6.07) is 5.07. The van der Waals surface area contributed by atoms with Crippen molar-refractivity contribution in [1.82, 2.24) is 14.9 Å². The molecule has 2 aromatic carbocycles. The monoisotopic (exact) mass is 490 g/mol. The van der Waals surface area contributed by atoms with Gasteiger partial charge in [0.15, 0.2) is 6.29 Å². The molecular weight excluding hydrogens is 472 g/mol. The maximum atomic E-state index is 14.1. The first-order valence-corrected chi connectivity index (χ1v) is 10.1. The fourth-order valence-electron chi connectivity index (χ4n) is 3.60. The molecule has 2 heterocycles. The van der Waals surface area contributed by atoms with E-state index in [1.165, 1.54) is 18.1 Å². The number of hydrogen-bond donors (Lipinski definition) is 1. The van der Waals surface area contributed by atoms with Gasteiger partial charge in [-0.3, -0.25) is 9.59 Å². The second-order valence-corrected chi connectivity index (χ2v) is 7.72. The van der Waals surface area contributed by atoms with Crippen molar-refractivity contribution in [2.45, 2.75) is 19.6 Å². The lowest BCUT2D eigenvalue weighted by atomic mass is 10.0. The van der Waals surface area contributed by atoms with E-state index in [9.17, 15) is 27.2 Å². The molecular formula is C23H18F4N4O4. The number of methoxy groups -OCH3 is 1. The Hall–Kier alpha value is -4.22. The van der Waals surface area contributed by atoms with Crippen LogP contribution in [0.1, 0.15) is 37.4 Å². The summed E-state index contributed by atoms with van der Waals surface area (Å²) in [5.74, 6) is -2.55. The van der Waals surface area contributed by atoms with Gasteiger partial charge in [0.1, 0.15) is 22.9 Å². The molecule has 182 valence electrons. The number of ether oxygens (including phenoxy) is 2. The molecule has 0 bridgehead atoms. The number of carbonyl (C=O) groups excluding carboxylic acids is 2. The van der Waals surface area contributed by atoms with Crippen LogP contribution in [0.15, 0.2) is 30.5 Å². The lowest BCUT2D eigenvalue weighted by Gasteiger charge is -2.16. The van der Waals surface area contributed by atoms with E-state index in [0.717, 1.165) is 17.7 Å². The third kappa shape index (κ3) is 4.46. The molecule has 0 radical (unpaired) electrons. The Morgan fingerprint density at radius 1 is 1.20 bits per heavy atom. The summed E-state index contributed by atoms with van der Waals surface area (Å²) in [5, 5.41) is 2.57. The van der Waals surface area contributed by atoms with E-state index in [1.54, 1.807) is 20.0 Å². The highest BCUT2D eigenvalue weighted by Gasteiger charge is 2.38. The topological polar surface area (TPSA) is 93.7 Å². The Kier molecular flexibility index (Phi) is 6.05. The number of nitrogens with one attached hydrogen (secondary N) is 1. The lowest BCUT2D eigenvalue weighted by molar-refractivity contribution is -0.139. The molecule has 4 rings (SSSR count). The molecule has 1 amide bonds. The highest BCUT2D eigenvalue weighted by molar-refractivity contribution is 6.01. The quantitative estimate of drug-likeness (QED) is 0.389. The van der Waals surface area contributed by atoms with Crippen molar-refractivity contribution < 1.29 is 36.6 Å². The van der Waals surface area contributed by atoms with E-state index in [1.807, 2.05) is 0 Å². The van der Waals surface area contributed by atoms with Crippen LogP contribution in [0, 0.1) is 12.7 Å². The maximum absolute atomic E-state index is 14.1. The van der Waals surface area contributed by atoms with E-state index in [2.05, 4.69) is 15.3 Å². The number of fused-ring (bicyclic) bond motifs is 1. The number of hydrogen-bond acceptors (Lipinski definition) is 7. The van der Waals surface area contributed by atoms with Gasteiger partial charge in [-0.25, -0.2) is 9.37 Å². The van der Waals surface area contributed by atoms with Gasteiger partial charge >= 0.3 is 6.18 Å². The number of nitrogens with zero attached hydrogens (tertiary/aromatic N) is 3. The third-order valence-electron chi connectivity index (χ3n) is 5.42. The Morgan fingerprint density at radius 3 is 2.60 bits per heavy atom. The van der Waals surface area contributed by atoms with Crippen molar-refractivity contribution >= 4 is 23.8 Å². The van der Waals surface area contributed by atoms with Crippen LogP contribution in [-0.4, -0.2) is 41.2 Å². The fraction of sp³-hybridized carbons (Fsp3) is 0.217. The number of halogens is 4. The van der Waals surface area contributed by atoms with Crippen molar-refractivity contribution in [2.75, 3.05) is 19.5 Å². The first-order valence-electron chi connectivity index (χ1n) is 10.1. The highest BCUT2D eigenvalue weighted by Crippen LogP contribution is 2.40. The largest absolute Gasteiger partial charge is 0.495 e. The molecule has 1 aromatic heterocycles. The number of amides is 1. The second-order valence-electron chi connectivity index (χ2n) is 7.72. The van der Waals surface area contributed by atoms with E-state index in [-0.39, 0.29) is 34.3 Å². The van der Waals surface area contributed by atoms with Gasteiger partial charge in [-0.2, -0.15) is 18.2 Å². The zero-order chi connectivity index (χ0) is 25.5. The van der Waals surface area contributed by atoms with E-state index in [0.29, 0.717) is 24.6 Å². The molecule has 0 aliphatic carbocycles. The molecule has 0 unspecified atom stereocenters. The molecule has 0 atom stereocenters. The Morgan fingerprint density at radius 2 is 1.94 bits per heavy atom. The minimum atomic E-state index is -4.86. The van der Waals surface area contributed by atoms with Crippen LogP contribution in [0.4, 0.5) is 29.2 Å². The molecule has 0 saturated heterocycles. The smallest absolute Gasteiger partial charge is 0.423 e. The number of benzene rings is 2. The molecule has 0 fully saturated rings. The number of anilines is 2. The summed E-state index contributed by atoms with van der Waals surface area (Å²) in [7, 11) is 2.84. The van der Waals surface area contributed by atoms with E-state index in [4.69, 9.17) is 9.47 Å². The van der Waals surface area contributed by atoms with Crippen molar-refractivity contribution in [1.29, 1.82) is 0 Å². The first-order chi connectivity index (χ1) is 16.5. The zero-order valence-corrected chi connectivity index (χ0v) is 18.7. The predicted molar refractivity (Wildman–Crippen MR) is 116 cm³/mol. The number of carbonyl (C=O) groups is 2. The van der Waals surface area contributed by atoms with Crippen LogP contribution in [0.2, 0.25) is 0 Å². The van der Waals surface area contributed by atoms with Crippen LogP contribution in [-0.2, 0) is 12.7 Å². The standard InChI is InChI=1S/C23H18F4N4O4/c1-11-4-5-17(19-13(11)9-31(2)21(19)33)35-20-14(23(25,26)27)8-28-22(30-20)29-16-7-15(24)12(10-32)6-18(16)34-3/h4-8,10H,9H2,1-3H3,(H,28,29,30). The van der Waals surface area contributed by atoms with Crippen LogP contribution >= 0.6 is 0 Å². The summed E-state index contributed by atoms with van der Waals surface area (Å²) < 4.78 is 65.8. The van der Waals surface area contributed by atoms with Crippen LogP contribution < -0.4 is 14.8 Å². The minimum absolute atomic E-state index is 0.0319. The molecule has 12 heteroatoms. The maximum Gasteiger partial charge on any atom is 0.423 e. The summed E-state index contributed by atoms with van der Waals surface area (Å²) in [6.07, 6.45) is -4.06. The molecule has 1 aliphatic rings. The number of aryl methyl sites for hydroxylation is 1. The fourth-order valence-corrected chi connectivity index (χ4v) is 3.60. The summed E-state index contributed by atoms with van der Waals surface area (Å²) in [6.45, 7) is 2.08. The SMILES string of the molecule is COc1cc(C=O)c(F)cc1Nc1ncc(C(F)(F)F)c(Oc2ccc(C)c3c2C(=O)N(C)C3)n1. The lowest BCUT2D eigenvalue weighted by Crippen LogP contribution is -2.18. The Balaban J connectivity index is 1.77. The number of aldehydes is 1. The van der Waals surface area contributed by atoms with Crippen molar-refractivity contribution in [2.24, 2.45) is 0 Å². The zero-order valence-electron chi connectivity index (χ0n) is 18.7. The van der Waals surface area contributed by atoms with Gasteiger partial charge in [-0.15, -0.1) is 0 Å². The van der Waals surface area contributed by atoms with E-state index >= 15 is 0 Å². The number of aromatic nitrogens is 2. The number of alkyl halides is 3. The minimum Gasteiger partial charge on any atom is -0.495 e. The average Bonchev–Trinajstić information content (AvgIpc) is 3.10. The molecule has 0 spiro atoms. The van der Waals surface area contributed by atoms with E-state index < -0.39 is 29.3 Å². The van der Waals surface area contributed by atoms with Crippen LogP contribution in [0.25, 0.3) is 0 Å². The first kappa shape index (κ1) is 23.9. The van der Waals surface area contributed by atoms with Crippen molar-refractivity contribution in [3.63, 3.8) is 0 Å². The Bertz CT molecular complexity index is 1340. The van der Waals surface area contributed by atoms with Gasteiger partial charge in [0, 0.05) is 25.9 Å². The second kappa shape index (κ2) is 8.85. The van der Waals surface area contributed by atoms with Crippen LogP contribution in [0.5, 0.6) is 17.4 Å². The predicted octanol–water partition coefficient (Wildman–Crippen LogP) is 4.89. The van der Waals surface area contributed by atoms with Gasteiger partial charge in [-0.05, 0) is 30.2 Å². The van der Waals surface area contributed by atoms with Gasteiger partial charge in [-0.1, -0.05) is 6.07 Å². The molecule has 8 nitrogen and oxygen atoms in total. The molecule has 35 heavy (non-hydrogen) atoms. The normalized spacial score (nSPS) is 13.0. The van der Waals surface area contributed by atoms with Gasteiger partial charge < -0.3 is 19.7 Å². The highest BCUT2D eigenvalue weighted by atomic mass is 19.4. The molecule has 1 aliphatic heterocycles. The van der Waals surface area contributed by atoms with Gasteiger partial charge in [0.25, 0.3) is 5.91 Å². The number of rotatable bonds is 6.